The third-order valence-electron chi connectivity index (χ3n) is 4.11. The van der Waals surface area contributed by atoms with Crippen molar-refractivity contribution in [2.24, 2.45) is 0 Å². The van der Waals surface area contributed by atoms with Gasteiger partial charge in [-0.3, -0.25) is 0 Å². The molecule has 1 aliphatic rings. The molecule has 1 N–H and O–H groups in total. The molecule has 0 atom stereocenters. The second-order valence-corrected chi connectivity index (χ2v) is 5.83. The zero-order valence-corrected chi connectivity index (χ0v) is 16.4. The quantitative estimate of drug-likeness (QED) is 0.484. The smallest absolute Gasteiger partial charge is 0.0328 e. The van der Waals surface area contributed by atoms with Crippen LogP contribution < -0.4 is 5.32 Å². The van der Waals surface area contributed by atoms with Crippen molar-refractivity contribution in [1.82, 2.24) is 5.32 Å². The lowest BCUT2D eigenvalue weighted by molar-refractivity contribution is 0.966. The molecule has 0 saturated carbocycles. The monoisotopic (exact) mass is 345 g/mol. The Kier molecular flexibility index (Phi) is 9.56. The summed E-state index contributed by atoms with van der Waals surface area (Å²) in [7, 11) is 0. The summed E-state index contributed by atoms with van der Waals surface area (Å²) in [5, 5.41) is 3.34. The summed E-state index contributed by atoms with van der Waals surface area (Å²) in [6.07, 6.45) is 23.4. The van der Waals surface area contributed by atoms with Crippen molar-refractivity contribution in [3.8, 4) is 0 Å². The van der Waals surface area contributed by atoms with Crippen LogP contribution in [0.1, 0.15) is 27.2 Å². The van der Waals surface area contributed by atoms with E-state index in [1.165, 1.54) is 5.57 Å². The summed E-state index contributed by atoms with van der Waals surface area (Å²) in [6, 6.07) is 0. The summed E-state index contributed by atoms with van der Waals surface area (Å²) in [4.78, 5) is 0. The molecule has 0 aromatic rings. The van der Waals surface area contributed by atoms with Gasteiger partial charge in [-0.2, -0.15) is 0 Å². The average Bonchev–Trinajstić information content (AvgIpc) is 2.63. The third-order valence-corrected chi connectivity index (χ3v) is 4.11. The van der Waals surface area contributed by atoms with Gasteiger partial charge in [-0.25, -0.2) is 0 Å². The Morgan fingerprint density at radius 3 is 2.58 bits per heavy atom. The van der Waals surface area contributed by atoms with Crippen molar-refractivity contribution >= 4 is 0 Å². The van der Waals surface area contributed by atoms with Gasteiger partial charge in [-0.05, 0) is 59.8 Å². The van der Waals surface area contributed by atoms with Gasteiger partial charge in [0.15, 0.2) is 0 Å². The van der Waals surface area contributed by atoms with E-state index in [0.29, 0.717) is 0 Å². The molecule has 136 valence electrons. The van der Waals surface area contributed by atoms with Crippen molar-refractivity contribution in [3.63, 3.8) is 0 Å². The first-order chi connectivity index (χ1) is 12.6. The van der Waals surface area contributed by atoms with Gasteiger partial charge in [0, 0.05) is 12.7 Å². The molecule has 0 unspecified atom stereocenters. The Hall–Kier alpha value is -2.80. The fourth-order valence-corrected chi connectivity index (χ4v) is 2.71. The van der Waals surface area contributed by atoms with Crippen LogP contribution in [0.25, 0.3) is 0 Å². The van der Waals surface area contributed by atoms with Gasteiger partial charge in [-0.1, -0.05) is 81.3 Å². The van der Waals surface area contributed by atoms with Crippen LogP contribution in [0.4, 0.5) is 0 Å². The maximum absolute atomic E-state index is 4.35. The molecule has 0 fully saturated rings. The number of hydrogen-bond acceptors (Lipinski definition) is 1. The van der Waals surface area contributed by atoms with Gasteiger partial charge in [0.05, 0.1) is 0 Å². The molecule has 1 aliphatic heterocycles. The van der Waals surface area contributed by atoms with Crippen LogP contribution >= 0.6 is 0 Å². The Morgan fingerprint density at radius 2 is 2.00 bits per heavy atom. The Morgan fingerprint density at radius 1 is 1.23 bits per heavy atom. The third kappa shape index (κ3) is 5.93. The maximum atomic E-state index is 4.35. The van der Waals surface area contributed by atoms with Crippen molar-refractivity contribution in [2.75, 3.05) is 6.54 Å². The van der Waals surface area contributed by atoms with Gasteiger partial charge in [0.25, 0.3) is 0 Å². The van der Waals surface area contributed by atoms with E-state index in [1.54, 1.807) is 6.08 Å². The first-order valence-corrected chi connectivity index (χ1v) is 9.08. The molecular weight excluding hydrogens is 314 g/mol. The number of rotatable bonds is 8. The van der Waals surface area contributed by atoms with E-state index >= 15 is 0 Å². The van der Waals surface area contributed by atoms with Crippen LogP contribution in [-0.4, -0.2) is 6.54 Å². The van der Waals surface area contributed by atoms with Crippen LogP contribution in [0.5, 0.6) is 0 Å². The first kappa shape index (κ1) is 21.2. The summed E-state index contributed by atoms with van der Waals surface area (Å²) in [6.45, 7) is 19.2. The summed E-state index contributed by atoms with van der Waals surface area (Å²) >= 11 is 0. The van der Waals surface area contributed by atoms with Crippen LogP contribution in [0, 0.1) is 0 Å². The molecule has 0 aliphatic carbocycles. The molecule has 0 saturated heterocycles. The number of nitrogens with one attached hydrogen (secondary N) is 1. The van der Waals surface area contributed by atoms with Crippen molar-refractivity contribution in [3.05, 3.63) is 120 Å². The van der Waals surface area contributed by atoms with E-state index in [1.807, 2.05) is 38.2 Å². The normalized spacial score (nSPS) is 21.6. The van der Waals surface area contributed by atoms with E-state index < -0.39 is 0 Å². The highest BCUT2D eigenvalue weighted by molar-refractivity contribution is 5.64. The molecule has 0 radical (unpaired) electrons. The molecule has 26 heavy (non-hydrogen) atoms. The molecule has 0 spiro atoms. The maximum Gasteiger partial charge on any atom is 0.0328 e. The molecule has 0 aromatic heterocycles. The van der Waals surface area contributed by atoms with Gasteiger partial charge >= 0.3 is 0 Å². The summed E-state index contributed by atoms with van der Waals surface area (Å²) in [5.41, 5.74) is 6.56. The standard InChI is InChI=1S/C25H31N/c1-7-12-16-22(10-4)20(6)25(14-8-2)24(11-5)23-18-21(9-3)15-13-17-26-19-23/h7-8,10-16,18-19,26H,1,5-6,9,17H2,2-4H3/b14-8-,15-13+,16-12-,21-18+,22-10+,23-19+,25-24-. The van der Waals surface area contributed by atoms with Crippen molar-refractivity contribution in [1.29, 1.82) is 0 Å². The van der Waals surface area contributed by atoms with Gasteiger partial charge in [0.2, 0.25) is 0 Å². The molecule has 0 aromatic carbocycles. The number of hydrogen-bond donors (Lipinski definition) is 1. The molecule has 1 nitrogen and oxygen atoms in total. The summed E-state index contributed by atoms with van der Waals surface area (Å²) < 4.78 is 0. The Balaban J connectivity index is 3.56. The largest absolute Gasteiger partial charge is 0.387 e. The molecule has 1 heteroatoms. The predicted octanol–water partition coefficient (Wildman–Crippen LogP) is 6.67. The molecule has 1 heterocycles. The molecule has 1 rings (SSSR count). The fourth-order valence-electron chi connectivity index (χ4n) is 2.71. The minimum absolute atomic E-state index is 0.813. The van der Waals surface area contributed by atoms with Gasteiger partial charge < -0.3 is 5.32 Å². The van der Waals surface area contributed by atoms with Crippen molar-refractivity contribution < 1.29 is 0 Å². The van der Waals surface area contributed by atoms with Crippen molar-refractivity contribution in [2.45, 2.75) is 27.2 Å². The highest BCUT2D eigenvalue weighted by Gasteiger charge is 2.12. The first-order valence-electron chi connectivity index (χ1n) is 9.08. The van der Waals surface area contributed by atoms with E-state index in [4.69, 9.17) is 0 Å². The minimum Gasteiger partial charge on any atom is -0.387 e. The van der Waals surface area contributed by atoms with Crippen LogP contribution in [-0.2, 0) is 0 Å². The minimum atomic E-state index is 0.813. The molecule has 0 bridgehead atoms. The highest BCUT2D eigenvalue weighted by atomic mass is 14.8. The zero-order valence-electron chi connectivity index (χ0n) is 16.4. The Bertz CT molecular complexity index is 743. The second kappa shape index (κ2) is 11.7. The van der Waals surface area contributed by atoms with E-state index in [9.17, 15) is 0 Å². The average molecular weight is 346 g/mol. The second-order valence-electron chi connectivity index (χ2n) is 5.83. The van der Waals surface area contributed by atoms with E-state index in [-0.39, 0.29) is 0 Å². The molecular formula is C25H31N. The van der Waals surface area contributed by atoms with Crippen LogP contribution in [0.15, 0.2) is 120 Å². The Labute approximate surface area is 159 Å². The lowest BCUT2D eigenvalue weighted by Crippen LogP contribution is -2.08. The van der Waals surface area contributed by atoms with Gasteiger partial charge in [0.1, 0.15) is 0 Å². The molecule has 0 amide bonds. The van der Waals surface area contributed by atoms with Crippen LogP contribution in [0.2, 0.25) is 0 Å². The number of allylic oxidation sites excluding steroid dienone is 15. The summed E-state index contributed by atoms with van der Waals surface area (Å²) in [5.74, 6) is 0. The van der Waals surface area contributed by atoms with E-state index in [2.05, 4.69) is 68.6 Å². The highest BCUT2D eigenvalue weighted by Crippen LogP contribution is 2.29. The fraction of sp³-hybridized carbons (Fsp3) is 0.200. The topological polar surface area (TPSA) is 12.0 Å². The SMILES string of the molecule is C=C/C=C\C(=C/C)C(=C)C(/C=C\C)=C(C=C)\C1=C\NC/C=C/C(CC)=C/1. The lowest BCUT2D eigenvalue weighted by Gasteiger charge is -2.16. The van der Waals surface area contributed by atoms with Gasteiger partial charge in [-0.15, -0.1) is 0 Å². The zero-order chi connectivity index (χ0) is 19.4. The van der Waals surface area contributed by atoms with Crippen LogP contribution in [0.3, 0.4) is 0 Å². The lowest BCUT2D eigenvalue weighted by atomic mass is 9.89. The van der Waals surface area contributed by atoms with E-state index in [0.717, 1.165) is 40.8 Å². The predicted molar refractivity (Wildman–Crippen MR) is 118 cm³/mol.